The minimum atomic E-state index is -1.15. The summed E-state index contributed by atoms with van der Waals surface area (Å²) in [5.74, 6) is -1.97. The summed E-state index contributed by atoms with van der Waals surface area (Å²) in [6, 6.07) is 1.55. The third-order valence-electron chi connectivity index (χ3n) is 1.93. The molecular weight excluding hydrogens is 222 g/mol. The van der Waals surface area contributed by atoms with Crippen LogP contribution in [0.1, 0.15) is 5.56 Å². The number of aliphatic carboxylic acids is 1. The smallest absolute Gasteiger partial charge is 0.320 e. The minimum absolute atomic E-state index is 0.0119. The highest BCUT2D eigenvalue weighted by Gasteiger charge is 2.16. The second kappa shape index (κ2) is 4.37. The van der Waals surface area contributed by atoms with Crippen LogP contribution >= 0.6 is 11.6 Å². The Morgan fingerprint density at radius 1 is 1.47 bits per heavy atom. The number of hydrogen-bond acceptors (Lipinski definition) is 4. The lowest BCUT2D eigenvalue weighted by Gasteiger charge is -2.09. The van der Waals surface area contributed by atoms with Gasteiger partial charge in [-0.05, 0) is 18.1 Å². The maximum absolute atomic E-state index is 10.5. The second-order valence-electron chi connectivity index (χ2n) is 3.06. The van der Waals surface area contributed by atoms with Crippen molar-refractivity contribution in [1.29, 1.82) is 0 Å². The van der Waals surface area contributed by atoms with E-state index in [-0.39, 0.29) is 17.2 Å². The number of rotatable bonds is 3. The first kappa shape index (κ1) is 11.6. The summed E-state index contributed by atoms with van der Waals surface area (Å²) in [5.41, 5.74) is 5.68. The molecule has 5 nitrogen and oxygen atoms in total. The summed E-state index contributed by atoms with van der Waals surface area (Å²) >= 11 is 5.69. The molecule has 0 radical (unpaired) electrons. The fraction of sp³-hybridized carbons (Fsp3) is 0.222. The van der Waals surface area contributed by atoms with Crippen molar-refractivity contribution in [2.24, 2.45) is 5.73 Å². The van der Waals surface area contributed by atoms with Crippen molar-refractivity contribution in [3.8, 4) is 11.5 Å². The summed E-state index contributed by atoms with van der Waals surface area (Å²) in [5, 5.41) is 26.9. The highest BCUT2D eigenvalue weighted by Crippen LogP contribution is 2.35. The number of carboxylic acid groups (broad SMARTS) is 1. The number of carboxylic acids is 1. The van der Waals surface area contributed by atoms with Crippen molar-refractivity contribution in [2.45, 2.75) is 12.5 Å². The third kappa shape index (κ3) is 2.51. The molecule has 1 aromatic carbocycles. The van der Waals surface area contributed by atoms with Crippen molar-refractivity contribution >= 4 is 17.6 Å². The van der Waals surface area contributed by atoms with Gasteiger partial charge in [0.1, 0.15) is 6.04 Å². The van der Waals surface area contributed by atoms with Gasteiger partial charge in [-0.25, -0.2) is 0 Å². The van der Waals surface area contributed by atoms with E-state index < -0.39 is 17.8 Å². The van der Waals surface area contributed by atoms with Crippen LogP contribution in [0.5, 0.6) is 11.5 Å². The average molecular weight is 232 g/mol. The van der Waals surface area contributed by atoms with E-state index in [4.69, 9.17) is 27.5 Å². The molecule has 0 saturated heterocycles. The van der Waals surface area contributed by atoms with Gasteiger partial charge in [0.25, 0.3) is 0 Å². The Balaban J connectivity index is 2.97. The topological polar surface area (TPSA) is 104 Å². The van der Waals surface area contributed by atoms with Gasteiger partial charge >= 0.3 is 5.97 Å². The molecule has 1 atom stereocenters. The van der Waals surface area contributed by atoms with Crippen LogP contribution in [0.2, 0.25) is 5.02 Å². The predicted octanol–water partition coefficient (Wildman–Crippen LogP) is 0.706. The quantitative estimate of drug-likeness (QED) is 0.574. The molecule has 82 valence electrons. The highest BCUT2D eigenvalue weighted by atomic mass is 35.5. The molecule has 0 spiro atoms. The van der Waals surface area contributed by atoms with Crippen LogP contribution in [0.15, 0.2) is 12.1 Å². The zero-order chi connectivity index (χ0) is 11.6. The number of hydrogen-bond donors (Lipinski definition) is 4. The van der Waals surface area contributed by atoms with Gasteiger partial charge in [0.2, 0.25) is 0 Å². The van der Waals surface area contributed by atoms with E-state index in [1.165, 1.54) is 12.1 Å². The first-order chi connectivity index (χ1) is 6.93. The lowest BCUT2D eigenvalue weighted by molar-refractivity contribution is -0.138. The van der Waals surface area contributed by atoms with Gasteiger partial charge in [-0.2, -0.15) is 0 Å². The van der Waals surface area contributed by atoms with Gasteiger partial charge in [-0.3, -0.25) is 4.79 Å². The van der Waals surface area contributed by atoms with Gasteiger partial charge < -0.3 is 21.1 Å². The standard InChI is InChI=1S/C9H10ClNO4/c10-7-4(3-5(11)9(14)15)1-2-6(12)8(7)13/h1-2,5,12-13H,3,11H2,(H,14,15)/t5-/m0/s1. The van der Waals surface area contributed by atoms with Gasteiger partial charge in [0.05, 0.1) is 5.02 Å². The largest absolute Gasteiger partial charge is 0.504 e. The molecule has 0 amide bonds. The molecule has 0 saturated carbocycles. The summed E-state index contributed by atoms with van der Waals surface area (Å²) in [6.07, 6.45) is -0.0119. The van der Waals surface area contributed by atoms with E-state index in [0.29, 0.717) is 5.56 Å². The van der Waals surface area contributed by atoms with Crippen LogP contribution in [0.4, 0.5) is 0 Å². The van der Waals surface area contributed by atoms with E-state index in [9.17, 15) is 9.90 Å². The van der Waals surface area contributed by atoms with Gasteiger partial charge in [0.15, 0.2) is 11.5 Å². The first-order valence-corrected chi connectivity index (χ1v) is 4.49. The molecule has 0 aliphatic carbocycles. The lowest BCUT2D eigenvalue weighted by atomic mass is 10.1. The van der Waals surface area contributed by atoms with Crippen molar-refractivity contribution < 1.29 is 20.1 Å². The molecule has 0 heterocycles. The molecule has 5 N–H and O–H groups in total. The first-order valence-electron chi connectivity index (χ1n) is 4.11. The Bertz CT molecular complexity index is 394. The van der Waals surface area contributed by atoms with E-state index in [1.807, 2.05) is 0 Å². The molecule has 1 rings (SSSR count). The third-order valence-corrected chi connectivity index (χ3v) is 2.35. The molecule has 15 heavy (non-hydrogen) atoms. The van der Waals surface area contributed by atoms with Crippen LogP contribution in [0, 0.1) is 0 Å². The Labute approximate surface area is 90.7 Å². The molecule has 1 aromatic rings. The monoisotopic (exact) mass is 231 g/mol. The average Bonchev–Trinajstić information content (AvgIpc) is 2.18. The number of phenols is 2. The maximum atomic E-state index is 10.5. The summed E-state index contributed by atoms with van der Waals surface area (Å²) in [6.45, 7) is 0. The number of phenolic OH excluding ortho intramolecular Hbond substituents is 2. The number of halogens is 1. The Morgan fingerprint density at radius 3 is 2.60 bits per heavy atom. The van der Waals surface area contributed by atoms with Crippen molar-refractivity contribution in [3.63, 3.8) is 0 Å². The predicted molar refractivity (Wildman–Crippen MR) is 54.1 cm³/mol. The Hall–Kier alpha value is -1.46. The molecular formula is C9H10ClNO4. The zero-order valence-electron chi connectivity index (χ0n) is 7.64. The number of aromatic hydroxyl groups is 2. The van der Waals surface area contributed by atoms with E-state index in [0.717, 1.165) is 0 Å². The lowest BCUT2D eigenvalue weighted by Crippen LogP contribution is -2.32. The van der Waals surface area contributed by atoms with Crippen molar-refractivity contribution in [2.75, 3.05) is 0 Å². The van der Waals surface area contributed by atoms with Crippen LogP contribution in [-0.4, -0.2) is 27.3 Å². The van der Waals surface area contributed by atoms with E-state index in [1.54, 1.807) is 0 Å². The fourth-order valence-corrected chi connectivity index (χ4v) is 1.31. The Morgan fingerprint density at radius 2 is 2.07 bits per heavy atom. The normalized spacial score (nSPS) is 12.4. The Kier molecular flexibility index (Phi) is 3.39. The van der Waals surface area contributed by atoms with E-state index in [2.05, 4.69) is 0 Å². The minimum Gasteiger partial charge on any atom is -0.504 e. The second-order valence-corrected chi connectivity index (χ2v) is 3.43. The molecule has 6 heteroatoms. The zero-order valence-corrected chi connectivity index (χ0v) is 8.40. The summed E-state index contributed by atoms with van der Waals surface area (Å²) < 4.78 is 0. The van der Waals surface area contributed by atoms with Gasteiger partial charge in [-0.1, -0.05) is 17.7 Å². The van der Waals surface area contributed by atoms with Gasteiger partial charge in [0, 0.05) is 0 Å². The molecule has 0 aromatic heterocycles. The van der Waals surface area contributed by atoms with Crippen LogP contribution in [0.25, 0.3) is 0 Å². The number of carbonyl (C=O) groups is 1. The molecule has 0 aliphatic rings. The van der Waals surface area contributed by atoms with Crippen LogP contribution in [-0.2, 0) is 11.2 Å². The van der Waals surface area contributed by atoms with Crippen molar-refractivity contribution in [3.05, 3.63) is 22.7 Å². The molecule has 0 bridgehead atoms. The molecule has 0 fully saturated rings. The van der Waals surface area contributed by atoms with Gasteiger partial charge in [-0.15, -0.1) is 0 Å². The van der Waals surface area contributed by atoms with Crippen molar-refractivity contribution in [1.82, 2.24) is 0 Å². The molecule has 0 unspecified atom stereocenters. The van der Waals surface area contributed by atoms with E-state index >= 15 is 0 Å². The molecule has 0 aliphatic heterocycles. The SMILES string of the molecule is N[C@@H](Cc1ccc(O)c(O)c1Cl)C(=O)O. The van der Waals surface area contributed by atoms with Crippen LogP contribution in [0.3, 0.4) is 0 Å². The number of nitrogens with two attached hydrogens (primary N) is 1. The number of benzene rings is 1. The summed E-state index contributed by atoms with van der Waals surface area (Å²) in [4.78, 5) is 10.5. The maximum Gasteiger partial charge on any atom is 0.320 e. The van der Waals surface area contributed by atoms with Crippen LogP contribution < -0.4 is 5.73 Å². The summed E-state index contributed by atoms with van der Waals surface area (Å²) in [7, 11) is 0. The fourth-order valence-electron chi connectivity index (χ4n) is 1.08. The highest BCUT2D eigenvalue weighted by molar-refractivity contribution is 6.33.